The molecule has 0 fully saturated rings. The highest BCUT2D eigenvalue weighted by atomic mass is 16.6. The van der Waals surface area contributed by atoms with Crippen molar-refractivity contribution in [1.29, 1.82) is 0 Å². The van der Waals surface area contributed by atoms with Crippen LogP contribution in [0, 0.1) is 0 Å². The first-order chi connectivity index (χ1) is 26.1. The number of carboxylic acid groups (broad SMARTS) is 1. The Hall–Kier alpha value is -3.23. The van der Waals surface area contributed by atoms with E-state index in [0.717, 1.165) is 57.8 Å². The Kier molecular flexibility index (Phi) is 34.5. The van der Waals surface area contributed by atoms with Crippen LogP contribution in [-0.4, -0.2) is 80.6 Å². The molecule has 2 unspecified atom stereocenters. The molecule has 2 atom stereocenters. The van der Waals surface area contributed by atoms with Crippen molar-refractivity contribution in [2.24, 2.45) is 0 Å². The van der Waals surface area contributed by atoms with Gasteiger partial charge in [0.15, 0.2) is 12.1 Å². The first-order valence-electron chi connectivity index (χ1n) is 21.0. The number of aliphatic carboxylic acids is 1. The third-order valence-electron chi connectivity index (χ3n) is 8.93. The highest BCUT2D eigenvalue weighted by Gasteiger charge is 2.31. The number of rotatable bonds is 36. The molecule has 0 amide bonds. The maximum absolute atomic E-state index is 12.7. The van der Waals surface area contributed by atoms with Crippen LogP contribution in [0.2, 0.25) is 0 Å². The van der Waals surface area contributed by atoms with E-state index in [9.17, 15) is 19.5 Å². The Morgan fingerprint density at radius 1 is 0.593 bits per heavy atom. The lowest BCUT2D eigenvalue weighted by molar-refractivity contribution is -0.887. The van der Waals surface area contributed by atoms with E-state index >= 15 is 0 Å². The minimum Gasteiger partial charge on any atom is -0.477 e. The number of nitrogens with zero attached hydrogens (tertiary/aromatic N) is 1. The van der Waals surface area contributed by atoms with Crippen molar-refractivity contribution in [2.75, 3.05) is 41.0 Å². The molecule has 0 aromatic carbocycles. The van der Waals surface area contributed by atoms with Crippen LogP contribution in [0.5, 0.6) is 0 Å². The van der Waals surface area contributed by atoms with Gasteiger partial charge in [-0.15, -0.1) is 0 Å². The van der Waals surface area contributed by atoms with Crippen LogP contribution in [0.1, 0.15) is 149 Å². The fraction of sp³-hybridized carbons (Fsp3) is 0.674. The van der Waals surface area contributed by atoms with Crippen molar-refractivity contribution >= 4 is 17.9 Å². The Bertz CT molecular complexity index is 1110. The molecule has 0 spiro atoms. The summed E-state index contributed by atoms with van der Waals surface area (Å²) in [4.78, 5) is 36.9. The molecule has 0 aliphatic carbocycles. The van der Waals surface area contributed by atoms with E-state index < -0.39 is 18.1 Å². The van der Waals surface area contributed by atoms with Gasteiger partial charge in [0.05, 0.1) is 34.4 Å². The fourth-order valence-corrected chi connectivity index (χ4v) is 5.66. The number of unbranched alkanes of at least 4 members (excludes halogenated alkanes) is 13. The van der Waals surface area contributed by atoms with Crippen molar-refractivity contribution in [3.63, 3.8) is 0 Å². The van der Waals surface area contributed by atoms with Crippen LogP contribution < -0.4 is 0 Å². The fourth-order valence-electron chi connectivity index (χ4n) is 5.66. The predicted molar refractivity (Wildman–Crippen MR) is 224 cm³/mol. The standard InChI is InChI=1S/C46H77NO7/c1-6-8-10-12-14-16-18-20-21-22-23-25-26-28-30-32-34-36-44(48)53-41-42(40-52-39-38-43(46(50)51)47(3,4)5)54-45(49)37-35-33-31-29-27-24-19-17-15-13-11-9-7-2/h9,11,13-17,19-21,24,27,42-43H,6-8,10,12,18,22-23,25-26,28-41H2,1-5H3/p+1/b11-9+,15-13+,16-14+,19-17+,21-20+,27-24+. The third kappa shape index (κ3) is 34.5. The summed E-state index contributed by atoms with van der Waals surface area (Å²) in [5.74, 6) is -1.54. The Morgan fingerprint density at radius 3 is 1.70 bits per heavy atom. The number of carboxylic acids is 1. The highest BCUT2D eigenvalue weighted by molar-refractivity contribution is 5.72. The second-order valence-corrected chi connectivity index (χ2v) is 15.0. The molecule has 0 radical (unpaired) electrons. The molecule has 8 nitrogen and oxygen atoms in total. The third-order valence-corrected chi connectivity index (χ3v) is 8.93. The number of hydrogen-bond donors (Lipinski definition) is 1. The summed E-state index contributed by atoms with van der Waals surface area (Å²) in [7, 11) is 5.50. The van der Waals surface area contributed by atoms with Gasteiger partial charge < -0.3 is 23.8 Å². The Morgan fingerprint density at radius 2 is 1.11 bits per heavy atom. The van der Waals surface area contributed by atoms with Crippen molar-refractivity contribution in [2.45, 2.75) is 161 Å². The van der Waals surface area contributed by atoms with E-state index in [2.05, 4.69) is 50.3 Å². The predicted octanol–water partition coefficient (Wildman–Crippen LogP) is 11.2. The van der Waals surface area contributed by atoms with Gasteiger partial charge in [-0.2, -0.15) is 0 Å². The van der Waals surface area contributed by atoms with E-state index in [1.807, 2.05) is 57.6 Å². The normalized spacial score (nSPS) is 13.7. The molecule has 0 heterocycles. The molecule has 0 aromatic heterocycles. The number of carbonyl (C=O) groups excluding carboxylic acids is 2. The maximum atomic E-state index is 12.7. The van der Waals surface area contributed by atoms with Gasteiger partial charge in [-0.05, 0) is 64.2 Å². The number of hydrogen-bond acceptors (Lipinski definition) is 6. The van der Waals surface area contributed by atoms with Gasteiger partial charge in [-0.25, -0.2) is 4.79 Å². The van der Waals surface area contributed by atoms with Gasteiger partial charge in [0.2, 0.25) is 0 Å². The average molecular weight is 757 g/mol. The lowest BCUT2D eigenvalue weighted by atomic mass is 10.1. The van der Waals surface area contributed by atoms with Crippen LogP contribution in [0.15, 0.2) is 72.9 Å². The van der Waals surface area contributed by atoms with Crippen LogP contribution >= 0.6 is 0 Å². The van der Waals surface area contributed by atoms with Crippen LogP contribution in [-0.2, 0) is 28.6 Å². The highest BCUT2D eigenvalue weighted by Crippen LogP contribution is 2.13. The van der Waals surface area contributed by atoms with Crippen LogP contribution in [0.4, 0.5) is 0 Å². The minimum absolute atomic E-state index is 0.0386. The monoisotopic (exact) mass is 757 g/mol. The number of likely N-dealkylation sites (N-methyl/N-ethyl adjacent to an activating group) is 1. The van der Waals surface area contributed by atoms with Crippen molar-refractivity contribution in [1.82, 2.24) is 0 Å². The molecule has 0 bridgehead atoms. The summed E-state index contributed by atoms with van der Waals surface area (Å²) in [6, 6.07) is -0.626. The number of allylic oxidation sites excluding steroid dienone is 12. The number of ether oxygens (including phenoxy) is 3. The number of carbonyl (C=O) groups is 3. The van der Waals surface area contributed by atoms with E-state index in [0.29, 0.717) is 19.3 Å². The molecule has 0 saturated carbocycles. The van der Waals surface area contributed by atoms with Crippen LogP contribution in [0.3, 0.4) is 0 Å². The summed E-state index contributed by atoms with van der Waals surface area (Å²) in [5, 5.41) is 9.60. The zero-order valence-corrected chi connectivity index (χ0v) is 34.9. The minimum atomic E-state index is -0.887. The number of esters is 2. The average Bonchev–Trinajstić information content (AvgIpc) is 3.12. The van der Waals surface area contributed by atoms with E-state index in [-0.39, 0.29) is 42.7 Å². The van der Waals surface area contributed by atoms with Gasteiger partial charge in [0.1, 0.15) is 6.61 Å². The second-order valence-electron chi connectivity index (χ2n) is 15.0. The molecule has 0 aliphatic heterocycles. The molecule has 308 valence electrons. The molecule has 1 N–H and O–H groups in total. The van der Waals surface area contributed by atoms with Crippen molar-refractivity contribution < 1.29 is 38.2 Å². The zero-order chi connectivity index (χ0) is 40.0. The van der Waals surface area contributed by atoms with Gasteiger partial charge in [-0.1, -0.05) is 138 Å². The van der Waals surface area contributed by atoms with Gasteiger partial charge in [0, 0.05) is 19.3 Å². The first kappa shape index (κ1) is 50.8. The molecule has 0 rings (SSSR count). The quantitative estimate of drug-likeness (QED) is 0.0223. The van der Waals surface area contributed by atoms with Gasteiger partial charge >= 0.3 is 17.9 Å². The Balaban J connectivity index is 4.44. The molecule has 0 saturated heterocycles. The van der Waals surface area contributed by atoms with Gasteiger partial charge in [-0.3, -0.25) is 9.59 Å². The van der Waals surface area contributed by atoms with Crippen molar-refractivity contribution in [3.8, 4) is 0 Å². The molecular weight excluding hydrogens is 679 g/mol. The SMILES string of the molecule is CC/C=C/C=C/C=C/C=C/CCCCCC(=O)OC(COCCC(C(=O)O)[N+](C)(C)C)COC(=O)CCCCCCCCC/C=C/C/C=C/CCCCC. The second kappa shape index (κ2) is 36.7. The lowest BCUT2D eigenvalue weighted by Gasteiger charge is -2.31. The Labute approximate surface area is 330 Å². The smallest absolute Gasteiger partial charge is 0.362 e. The molecule has 54 heavy (non-hydrogen) atoms. The maximum Gasteiger partial charge on any atom is 0.362 e. The lowest BCUT2D eigenvalue weighted by Crippen LogP contribution is -2.50. The van der Waals surface area contributed by atoms with Crippen molar-refractivity contribution in [3.05, 3.63) is 72.9 Å². The topological polar surface area (TPSA) is 99.1 Å². The van der Waals surface area contributed by atoms with E-state index in [1.165, 1.54) is 51.4 Å². The largest absolute Gasteiger partial charge is 0.477 e. The summed E-state index contributed by atoms with van der Waals surface area (Å²) < 4.78 is 17.2. The number of quaternary nitrogens is 1. The van der Waals surface area contributed by atoms with Gasteiger partial charge in [0.25, 0.3) is 0 Å². The summed E-state index contributed by atoms with van der Waals surface area (Å²) >= 11 is 0. The zero-order valence-electron chi connectivity index (χ0n) is 34.9. The summed E-state index contributed by atoms with van der Waals surface area (Å²) in [6.07, 6.45) is 45.2. The van der Waals surface area contributed by atoms with Crippen LogP contribution in [0.25, 0.3) is 0 Å². The molecule has 8 heteroatoms. The molecule has 0 aliphatic rings. The van der Waals surface area contributed by atoms with E-state index in [1.54, 1.807) is 0 Å². The summed E-state index contributed by atoms with van der Waals surface area (Å²) in [6.45, 7) is 4.50. The first-order valence-corrected chi connectivity index (χ1v) is 21.0. The molecule has 0 aromatic rings. The molecular formula is C46H78NO7+. The van der Waals surface area contributed by atoms with E-state index in [4.69, 9.17) is 14.2 Å². The summed E-state index contributed by atoms with van der Waals surface area (Å²) in [5.41, 5.74) is 0.